The van der Waals surface area contributed by atoms with Gasteiger partial charge in [-0.3, -0.25) is 4.90 Å². The van der Waals surface area contributed by atoms with Gasteiger partial charge in [0.05, 0.1) is 6.04 Å². The van der Waals surface area contributed by atoms with Crippen LogP contribution in [-0.4, -0.2) is 52.8 Å². The highest BCUT2D eigenvalue weighted by Crippen LogP contribution is 2.54. The molecule has 0 N–H and O–H groups in total. The molecule has 0 spiro atoms. The highest BCUT2D eigenvalue weighted by atomic mass is 16.6. The van der Waals surface area contributed by atoms with Crippen molar-refractivity contribution in [2.75, 3.05) is 13.1 Å². The van der Waals surface area contributed by atoms with E-state index in [4.69, 9.17) is 9.47 Å². The van der Waals surface area contributed by atoms with Gasteiger partial charge in [-0.2, -0.15) is 0 Å². The second-order valence-corrected chi connectivity index (χ2v) is 11.8. The molecule has 180 valence electrons. The molecule has 6 heteroatoms. The van der Waals surface area contributed by atoms with Gasteiger partial charge in [0.2, 0.25) is 0 Å². The van der Waals surface area contributed by atoms with Crippen LogP contribution < -0.4 is 0 Å². The van der Waals surface area contributed by atoms with Crippen molar-refractivity contribution in [3.05, 3.63) is 35.9 Å². The molecule has 2 amide bonds. The van der Waals surface area contributed by atoms with Gasteiger partial charge >= 0.3 is 12.2 Å². The van der Waals surface area contributed by atoms with E-state index in [2.05, 4.69) is 0 Å². The molecule has 4 saturated carbocycles. The predicted octanol–water partition coefficient (Wildman–Crippen LogP) is 5.46. The summed E-state index contributed by atoms with van der Waals surface area (Å²) in [6.45, 7) is 7.24. The van der Waals surface area contributed by atoms with Crippen molar-refractivity contribution in [2.24, 2.45) is 23.7 Å². The maximum Gasteiger partial charge on any atom is 0.410 e. The van der Waals surface area contributed by atoms with Gasteiger partial charge in [-0.1, -0.05) is 30.3 Å². The summed E-state index contributed by atoms with van der Waals surface area (Å²) >= 11 is 0. The van der Waals surface area contributed by atoms with Gasteiger partial charge < -0.3 is 14.4 Å². The topological polar surface area (TPSA) is 59.1 Å². The number of carbonyl (C=O) groups excluding carboxylic acids is 2. The van der Waals surface area contributed by atoms with E-state index in [0.29, 0.717) is 31.5 Å². The zero-order chi connectivity index (χ0) is 23.2. The number of benzene rings is 1. The summed E-state index contributed by atoms with van der Waals surface area (Å²) in [6.07, 6.45) is 6.64. The molecule has 6 nitrogen and oxygen atoms in total. The molecular weight excluding hydrogens is 416 g/mol. The quantitative estimate of drug-likeness (QED) is 0.606. The molecule has 0 radical (unpaired) electrons. The van der Waals surface area contributed by atoms with Crippen LogP contribution in [0, 0.1) is 23.7 Å². The van der Waals surface area contributed by atoms with E-state index in [0.717, 1.165) is 23.8 Å². The second-order valence-electron chi connectivity index (χ2n) is 11.8. The molecule has 0 aromatic heterocycles. The van der Waals surface area contributed by atoms with E-state index in [9.17, 15) is 9.59 Å². The Hall–Kier alpha value is -2.24. The molecule has 4 aliphatic carbocycles. The van der Waals surface area contributed by atoms with Gasteiger partial charge in [-0.25, -0.2) is 9.59 Å². The summed E-state index contributed by atoms with van der Waals surface area (Å²) < 4.78 is 11.9. The first-order chi connectivity index (χ1) is 15.7. The van der Waals surface area contributed by atoms with Gasteiger partial charge in [0.25, 0.3) is 0 Å². The lowest BCUT2D eigenvalue weighted by Gasteiger charge is -2.53. The second kappa shape index (κ2) is 8.84. The molecule has 1 saturated heterocycles. The van der Waals surface area contributed by atoms with E-state index in [1.165, 1.54) is 32.1 Å². The minimum absolute atomic E-state index is 0.0777. The average molecular weight is 455 g/mol. The SMILES string of the molecule is CC(C)(C)OC(=O)N(Cc1ccccc1)[C@@H]1CCN(C(=O)OC2C3CC4CC(C3)CC2C4)C1. The summed E-state index contributed by atoms with van der Waals surface area (Å²) in [7, 11) is 0. The van der Waals surface area contributed by atoms with Crippen LogP contribution in [0.4, 0.5) is 9.59 Å². The monoisotopic (exact) mass is 454 g/mol. The van der Waals surface area contributed by atoms with Crippen molar-refractivity contribution in [3.8, 4) is 0 Å². The molecule has 5 aliphatic rings. The summed E-state index contributed by atoms with van der Waals surface area (Å²) in [5.74, 6) is 2.83. The Balaban J connectivity index is 1.23. The van der Waals surface area contributed by atoms with Gasteiger partial charge in [0.1, 0.15) is 11.7 Å². The third-order valence-electron chi connectivity index (χ3n) is 8.06. The van der Waals surface area contributed by atoms with Crippen LogP contribution in [0.2, 0.25) is 0 Å². The van der Waals surface area contributed by atoms with E-state index < -0.39 is 5.60 Å². The van der Waals surface area contributed by atoms with Gasteiger partial charge in [0.15, 0.2) is 0 Å². The number of amides is 2. The van der Waals surface area contributed by atoms with Crippen LogP contribution in [-0.2, 0) is 16.0 Å². The van der Waals surface area contributed by atoms with Crippen LogP contribution in [0.1, 0.15) is 64.9 Å². The molecule has 1 heterocycles. The molecule has 5 fully saturated rings. The fourth-order valence-corrected chi connectivity index (χ4v) is 6.86. The Kier molecular flexibility index (Phi) is 6.04. The number of hydrogen-bond acceptors (Lipinski definition) is 4. The molecule has 1 aliphatic heterocycles. The van der Waals surface area contributed by atoms with Crippen LogP contribution in [0.25, 0.3) is 0 Å². The van der Waals surface area contributed by atoms with Crippen molar-refractivity contribution in [2.45, 2.75) is 83.6 Å². The largest absolute Gasteiger partial charge is 0.446 e. The Morgan fingerprint density at radius 2 is 1.64 bits per heavy atom. The Bertz CT molecular complexity index is 837. The maximum absolute atomic E-state index is 13.1. The number of hydrogen-bond donors (Lipinski definition) is 0. The highest BCUT2D eigenvalue weighted by molar-refractivity contribution is 5.70. The normalized spacial score (nSPS) is 32.6. The van der Waals surface area contributed by atoms with Gasteiger partial charge in [0, 0.05) is 19.6 Å². The molecular formula is C27H38N2O4. The Morgan fingerprint density at radius 1 is 1.00 bits per heavy atom. The number of ether oxygens (including phenoxy) is 2. The molecule has 1 atom stereocenters. The number of nitrogens with zero attached hydrogens (tertiary/aromatic N) is 2. The lowest BCUT2D eigenvalue weighted by molar-refractivity contribution is -0.102. The van der Waals surface area contributed by atoms with E-state index in [1.54, 1.807) is 9.80 Å². The number of rotatable bonds is 4. The molecule has 1 aromatic rings. The van der Waals surface area contributed by atoms with Gasteiger partial charge in [-0.15, -0.1) is 0 Å². The molecule has 4 bridgehead atoms. The summed E-state index contributed by atoms with van der Waals surface area (Å²) in [6, 6.07) is 9.89. The molecule has 0 unspecified atom stereocenters. The zero-order valence-electron chi connectivity index (χ0n) is 20.2. The first-order valence-corrected chi connectivity index (χ1v) is 12.7. The third kappa shape index (κ3) is 4.99. The van der Waals surface area contributed by atoms with E-state index in [-0.39, 0.29) is 24.3 Å². The fourth-order valence-electron chi connectivity index (χ4n) is 6.86. The lowest BCUT2D eigenvalue weighted by Crippen LogP contribution is -2.51. The maximum atomic E-state index is 13.1. The molecule has 6 rings (SSSR count). The van der Waals surface area contributed by atoms with Crippen molar-refractivity contribution < 1.29 is 19.1 Å². The molecule has 33 heavy (non-hydrogen) atoms. The summed E-state index contributed by atoms with van der Waals surface area (Å²) in [5, 5.41) is 0. The fraction of sp³-hybridized carbons (Fsp3) is 0.704. The zero-order valence-corrected chi connectivity index (χ0v) is 20.2. The van der Waals surface area contributed by atoms with Crippen LogP contribution in [0.3, 0.4) is 0 Å². The first-order valence-electron chi connectivity index (χ1n) is 12.7. The van der Waals surface area contributed by atoms with E-state index in [1.807, 2.05) is 51.1 Å². The lowest BCUT2D eigenvalue weighted by atomic mass is 9.55. The summed E-state index contributed by atoms with van der Waals surface area (Å²) in [5.41, 5.74) is 0.487. The smallest absolute Gasteiger partial charge is 0.410 e. The van der Waals surface area contributed by atoms with Crippen molar-refractivity contribution >= 4 is 12.2 Å². The third-order valence-corrected chi connectivity index (χ3v) is 8.06. The minimum atomic E-state index is -0.567. The standard InChI is InChI=1S/C27H38N2O4/c1-27(2,3)33-26(31)29(16-18-7-5-4-6-8-18)23-9-10-28(17-23)25(30)32-24-21-12-19-11-20(14-21)15-22(24)13-19/h4-8,19-24H,9-17H2,1-3H3/t19?,20?,21?,22?,23-,24?/m1/s1. The van der Waals surface area contributed by atoms with Crippen molar-refractivity contribution in [1.29, 1.82) is 0 Å². The van der Waals surface area contributed by atoms with Gasteiger partial charge in [-0.05, 0) is 88.5 Å². The van der Waals surface area contributed by atoms with Crippen LogP contribution in [0.5, 0.6) is 0 Å². The van der Waals surface area contributed by atoms with Crippen LogP contribution in [0.15, 0.2) is 30.3 Å². The first kappa shape index (κ1) is 22.5. The van der Waals surface area contributed by atoms with Crippen LogP contribution >= 0.6 is 0 Å². The Morgan fingerprint density at radius 3 is 2.24 bits per heavy atom. The molecule has 1 aromatic carbocycles. The minimum Gasteiger partial charge on any atom is -0.446 e. The highest BCUT2D eigenvalue weighted by Gasteiger charge is 2.50. The number of likely N-dealkylation sites (tertiary alicyclic amines) is 1. The predicted molar refractivity (Wildman–Crippen MR) is 126 cm³/mol. The average Bonchev–Trinajstić information content (AvgIpc) is 3.23. The number of carbonyl (C=O) groups is 2. The Labute approximate surface area is 197 Å². The van der Waals surface area contributed by atoms with E-state index >= 15 is 0 Å². The van der Waals surface area contributed by atoms with Crippen molar-refractivity contribution in [1.82, 2.24) is 9.80 Å². The summed E-state index contributed by atoms with van der Waals surface area (Å²) in [4.78, 5) is 29.8. The van der Waals surface area contributed by atoms with Crippen molar-refractivity contribution in [3.63, 3.8) is 0 Å².